The number of ether oxygens (including phenoxy) is 1. The number of para-hydroxylation sites is 2. The maximum Gasteiger partial charge on any atom is 0.261 e. The zero-order valence-electron chi connectivity index (χ0n) is 25.3. The van der Waals surface area contributed by atoms with Crippen molar-refractivity contribution in [3.63, 3.8) is 0 Å². The Balaban J connectivity index is 1.66. The third kappa shape index (κ3) is 8.04. The Morgan fingerprint density at radius 3 is 2.29 bits per heavy atom. The van der Waals surface area contributed by atoms with Gasteiger partial charge in [0.15, 0.2) is 11.6 Å². The smallest absolute Gasteiger partial charge is 0.261 e. The van der Waals surface area contributed by atoms with Gasteiger partial charge in [-0.15, -0.1) is 0 Å². The van der Waals surface area contributed by atoms with E-state index in [2.05, 4.69) is 31.9 Å². The molecule has 0 aliphatic rings. The zero-order chi connectivity index (χ0) is 32.7. The second kappa shape index (κ2) is 14.1. The number of nitrogens with one attached hydrogen (secondary N) is 3. The first kappa shape index (κ1) is 32.7. The molecule has 0 atom stereocenters. The Bertz CT molecular complexity index is 1800. The Hall–Kier alpha value is -5.21. The van der Waals surface area contributed by atoms with Crippen LogP contribution in [0.1, 0.15) is 5.56 Å². The van der Waals surface area contributed by atoms with Gasteiger partial charge in [-0.25, -0.2) is 17.8 Å². The highest BCUT2D eigenvalue weighted by Crippen LogP contribution is 2.38. The van der Waals surface area contributed by atoms with Gasteiger partial charge < -0.3 is 30.9 Å². The van der Waals surface area contributed by atoms with E-state index >= 15 is 0 Å². The fourth-order valence-corrected chi connectivity index (χ4v) is 5.34. The van der Waals surface area contributed by atoms with Crippen LogP contribution in [0.5, 0.6) is 5.75 Å². The molecule has 12 nitrogen and oxygen atoms in total. The summed E-state index contributed by atoms with van der Waals surface area (Å²) in [4.78, 5) is 24.5. The number of carbonyl (C=O) groups excluding carboxylic acids is 1. The molecule has 4 rings (SSSR count). The first-order chi connectivity index (χ1) is 21.4. The molecule has 0 fully saturated rings. The average Bonchev–Trinajstić information content (AvgIpc) is 3.02. The largest absolute Gasteiger partial charge is 0.494 e. The average molecular weight is 635 g/mol. The summed E-state index contributed by atoms with van der Waals surface area (Å²) in [6.07, 6.45) is 0.966. The minimum Gasteiger partial charge on any atom is -0.494 e. The number of halogens is 1. The maximum atomic E-state index is 15.0. The zero-order valence-corrected chi connectivity index (χ0v) is 26.2. The molecule has 45 heavy (non-hydrogen) atoms. The molecule has 4 aromatic rings. The van der Waals surface area contributed by atoms with Crippen LogP contribution >= 0.6 is 0 Å². The van der Waals surface area contributed by atoms with E-state index < -0.39 is 21.7 Å². The van der Waals surface area contributed by atoms with Crippen LogP contribution in [-0.4, -0.2) is 70.5 Å². The molecular weight excluding hydrogens is 599 g/mol. The first-order valence-corrected chi connectivity index (χ1v) is 15.2. The number of hydrogen-bond donors (Lipinski definition) is 4. The summed E-state index contributed by atoms with van der Waals surface area (Å²) in [6.45, 7) is 5.26. The van der Waals surface area contributed by atoms with Gasteiger partial charge in [0.05, 0.1) is 35.3 Å². The van der Waals surface area contributed by atoms with Gasteiger partial charge in [0.1, 0.15) is 5.75 Å². The molecule has 0 aliphatic carbocycles. The van der Waals surface area contributed by atoms with Crippen LogP contribution in [0, 0.1) is 5.82 Å². The van der Waals surface area contributed by atoms with E-state index in [4.69, 9.17) is 10.5 Å². The summed E-state index contributed by atoms with van der Waals surface area (Å²) in [6, 6.07) is 17.7. The number of carbonyl (C=O) groups is 1. The summed E-state index contributed by atoms with van der Waals surface area (Å²) < 4.78 is 49.0. The van der Waals surface area contributed by atoms with E-state index in [0.717, 1.165) is 12.7 Å². The van der Waals surface area contributed by atoms with Crippen molar-refractivity contribution < 1.29 is 22.3 Å². The van der Waals surface area contributed by atoms with Crippen molar-refractivity contribution in [1.29, 1.82) is 0 Å². The molecule has 14 heteroatoms. The van der Waals surface area contributed by atoms with Gasteiger partial charge in [0.25, 0.3) is 10.0 Å². The number of anilines is 6. The number of aromatic nitrogens is 2. The van der Waals surface area contributed by atoms with Crippen LogP contribution in [-0.2, 0) is 14.8 Å². The minimum atomic E-state index is -3.92. The van der Waals surface area contributed by atoms with Crippen molar-refractivity contribution in [3.05, 3.63) is 90.9 Å². The Morgan fingerprint density at radius 1 is 0.978 bits per heavy atom. The first-order valence-electron chi connectivity index (χ1n) is 13.7. The minimum absolute atomic E-state index is 0.0103. The SMILES string of the molecule is C=C(C(N)=O)c1cc(Nc2ncc(F)c(Nc3ccccc3NS(=O)(=O)c3ccccc3)n2)c(OC)cc1N(C)CCN(C)C. The van der Waals surface area contributed by atoms with Gasteiger partial charge in [-0.2, -0.15) is 4.98 Å². The van der Waals surface area contributed by atoms with Crippen molar-refractivity contribution in [2.75, 3.05) is 61.6 Å². The van der Waals surface area contributed by atoms with Gasteiger partial charge in [0.2, 0.25) is 11.9 Å². The van der Waals surface area contributed by atoms with Crippen LogP contribution < -0.4 is 30.7 Å². The van der Waals surface area contributed by atoms with Crippen LogP contribution in [0.3, 0.4) is 0 Å². The van der Waals surface area contributed by atoms with Gasteiger partial charge in [-0.3, -0.25) is 9.52 Å². The predicted octanol–water partition coefficient (Wildman–Crippen LogP) is 4.41. The van der Waals surface area contributed by atoms with Crippen molar-refractivity contribution in [3.8, 4) is 5.75 Å². The van der Waals surface area contributed by atoms with Gasteiger partial charge in [-0.1, -0.05) is 36.9 Å². The number of likely N-dealkylation sites (N-methyl/N-ethyl adjacent to an activating group) is 2. The highest BCUT2D eigenvalue weighted by molar-refractivity contribution is 7.92. The fourth-order valence-electron chi connectivity index (χ4n) is 4.24. The molecule has 0 spiro atoms. The normalized spacial score (nSPS) is 11.2. The second-order valence-electron chi connectivity index (χ2n) is 10.2. The lowest BCUT2D eigenvalue weighted by Crippen LogP contribution is -2.29. The molecule has 0 bridgehead atoms. The standard InChI is InChI=1S/C31H35FN8O4S/c1-20(29(33)41)22-17-26(28(44-5)18-27(22)40(4)16-15-39(2)3)36-31-34-19-23(32)30(37-31)35-24-13-9-10-14-25(24)38-45(42,43)21-11-7-6-8-12-21/h6-14,17-19,38H,1,15-16H2,2-5H3,(H2,33,41)(H2,34,35,36,37). The van der Waals surface area contributed by atoms with E-state index in [1.807, 2.05) is 30.9 Å². The Morgan fingerprint density at radius 2 is 1.64 bits per heavy atom. The molecule has 236 valence electrons. The number of methoxy groups -OCH3 is 1. The molecular formula is C31H35FN8O4S. The third-order valence-corrected chi connectivity index (χ3v) is 8.08. The summed E-state index contributed by atoms with van der Waals surface area (Å²) >= 11 is 0. The van der Waals surface area contributed by atoms with Crippen molar-refractivity contribution in [2.24, 2.45) is 5.73 Å². The quantitative estimate of drug-likeness (QED) is 0.147. The van der Waals surface area contributed by atoms with Gasteiger partial charge >= 0.3 is 0 Å². The monoisotopic (exact) mass is 634 g/mol. The van der Waals surface area contributed by atoms with E-state index in [9.17, 15) is 17.6 Å². The van der Waals surface area contributed by atoms with Crippen LogP contribution in [0.25, 0.3) is 5.57 Å². The summed E-state index contributed by atoms with van der Waals surface area (Å²) in [7, 11) is 3.36. The Labute approximate surface area is 261 Å². The molecule has 0 saturated heterocycles. The maximum absolute atomic E-state index is 15.0. The molecule has 1 aromatic heterocycles. The third-order valence-electron chi connectivity index (χ3n) is 6.70. The number of benzene rings is 3. The molecule has 0 saturated carbocycles. The van der Waals surface area contributed by atoms with E-state index in [-0.39, 0.29) is 33.6 Å². The number of hydrogen-bond acceptors (Lipinski definition) is 10. The van der Waals surface area contributed by atoms with E-state index in [1.54, 1.807) is 48.5 Å². The highest BCUT2D eigenvalue weighted by atomic mass is 32.2. The van der Waals surface area contributed by atoms with Crippen molar-refractivity contribution in [1.82, 2.24) is 14.9 Å². The molecule has 1 heterocycles. The molecule has 0 unspecified atom stereocenters. The second-order valence-corrected chi connectivity index (χ2v) is 11.9. The van der Waals surface area contributed by atoms with Crippen LogP contribution in [0.4, 0.5) is 38.9 Å². The summed E-state index contributed by atoms with van der Waals surface area (Å²) in [5.74, 6) is -1.32. The topological polar surface area (TPSA) is 155 Å². The molecule has 5 N–H and O–H groups in total. The molecule has 3 aromatic carbocycles. The number of sulfonamides is 1. The van der Waals surface area contributed by atoms with E-state index in [1.165, 1.54) is 25.3 Å². The fraction of sp³-hybridized carbons (Fsp3) is 0.194. The lowest BCUT2D eigenvalue weighted by atomic mass is 10.0. The van der Waals surface area contributed by atoms with Gasteiger partial charge in [-0.05, 0) is 44.4 Å². The Kier molecular flexibility index (Phi) is 10.2. The molecule has 0 radical (unpaired) electrons. The highest BCUT2D eigenvalue weighted by Gasteiger charge is 2.20. The summed E-state index contributed by atoms with van der Waals surface area (Å²) in [5.41, 5.74) is 7.61. The number of rotatable bonds is 14. The number of primary amides is 1. The molecule has 1 amide bonds. The lowest BCUT2D eigenvalue weighted by molar-refractivity contribution is -0.112. The lowest BCUT2D eigenvalue weighted by Gasteiger charge is -2.26. The number of nitrogens with two attached hydrogens (primary N) is 1. The van der Waals surface area contributed by atoms with E-state index in [0.29, 0.717) is 29.2 Å². The van der Waals surface area contributed by atoms with Crippen LogP contribution in [0.2, 0.25) is 0 Å². The summed E-state index contributed by atoms with van der Waals surface area (Å²) in [5, 5.41) is 5.87. The van der Waals surface area contributed by atoms with Crippen LogP contribution in [0.15, 0.2) is 84.4 Å². The van der Waals surface area contributed by atoms with Gasteiger partial charge in [0, 0.05) is 43.0 Å². The molecule has 0 aliphatic heterocycles. The predicted molar refractivity (Wildman–Crippen MR) is 175 cm³/mol. The number of amides is 1. The van der Waals surface area contributed by atoms with Crippen molar-refractivity contribution >= 4 is 56.0 Å². The van der Waals surface area contributed by atoms with Crippen molar-refractivity contribution in [2.45, 2.75) is 4.90 Å². The number of nitrogens with zero attached hydrogens (tertiary/aromatic N) is 4.